The predicted molar refractivity (Wildman–Crippen MR) is 209 cm³/mol. The summed E-state index contributed by atoms with van der Waals surface area (Å²) < 4.78 is 6.56. The number of halogens is 2. The Morgan fingerprint density at radius 2 is 1.11 bits per heavy atom. The van der Waals surface area contributed by atoms with Crippen molar-refractivity contribution < 1.29 is 19.2 Å². The number of nitrogens with two attached hydrogens (primary N) is 1. The number of nitrogens with zero attached hydrogens (tertiary/aromatic N) is 5. The zero-order chi connectivity index (χ0) is 38.4. The molecule has 0 fully saturated rings. The van der Waals surface area contributed by atoms with Crippen LogP contribution in [0.25, 0.3) is 10.9 Å². The summed E-state index contributed by atoms with van der Waals surface area (Å²) in [6, 6.07) is 12.4. The Hall–Kier alpha value is -5.87. The van der Waals surface area contributed by atoms with Gasteiger partial charge < -0.3 is 55.5 Å². The van der Waals surface area contributed by atoms with E-state index >= 15 is 0 Å². The van der Waals surface area contributed by atoms with Crippen LogP contribution in [-0.2, 0) is 28.2 Å². The van der Waals surface area contributed by atoms with Gasteiger partial charge in [-0.25, -0.2) is 0 Å². The van der Waals surface area contributed by atoms with Crippen LogP contribution >= 0.6 is 23.2 Å². The van der Waals surface area contributed by atoms with Gasteiger partial charge in [0.25, 0.3) is 23.6 Å². The van der Waals surface area contributed by atoms with E-state index in [1.54, 1.807) is 65.6 Å². The van der Waals surface area contributed by atoms with Gasteiger partial charge in [-0.3, -0.25) is 24.6 Å². The standard InChI is InChI=1S/C35H42Cl2N12O4/c1-45-18-22(15-27(45)31(50)40-9-10-41-35(38)39)42-32(51)28-16-23(19-46(28)2)43-33(52)29-17-24(20-47(29)3)44-34(53)30-14-21-13-25(5-6-26(21)48(30)4)49(11-7-36)12-8-37/h5-6,13-20H,7-12H2,1-4H3,(H,40,50)(H,42,51)(H,43,52)(H,44,53)(H4,38,39,41). The first-order chi connectivity index (χ1) is 25.3. The minimum Gasteiger partial charge on any atom is -0.370 e. The number of aryl methyl sites for hydroxylation is 4. The van der Waals surface area contributed by atoms with Crippen LogP contribution in [0.5, 0.6) is 0 Å². The molecule has 1 aromatic carbocycles. The van der Waals surface area contributed by atoms with Crippen molar-refractivity contribution in [2.75, 3.05) is 58.8 Å². The smallest absolute Gasteiger partial charge is 0.272 e. The molecular weight excluding hydrogens is 723 g/mol. The maximum absolute atomic E-state index is 13.4. The number of hydrogen-bond acceptors (Lipinski definition) is 6. The Kier molecular flexibility index (Phi) is 12.0. The first kappa shape index (κ1) is 38.4. The second-order valence-corrected chi connectivity index (χ2v) is 13.1. The summed E-state index contributed by atoms with van der Waals surface area (Å²) >= 11 is 12.0. The number of carbonyl (C=O) groups is 4. The van der Waals surface area contributed by atoms with E-state index in [9.17, 15) is 19.2 Å². The number of nitrogens with one attached hydrogen (secondary N) is 6. The molecule has 18 heteroatoms. The van der Waals surface area contributed by atoms with Gasteiger partial charge in [0, 0.05) is 101 Å². The minimum atomic E-state index is -0.451. The molecule has 53 heavy (non-hydrogen) atoms. The van der Waals surface area contributed by atoms with Crippen molar-refractivity contribution in [3.63, 3.8) is 0 Å². The number of carbonyl (C=O) groups excluding carboxylic acids is 4. The third-order valence-electron chi connectivity index (χ3n) is 8.55. The Bertz CT molecular complexity index is 2170. The van der Waals surface area contributed by atoms with Crippen molar-refractivity contribution in [1.29, 1.82) is 5.41 Å². The lowest BCUT2D eigenvalue weighted by Gasteiger charge is -2.22. The largest absolute Gasteiger partial charge is 0.370 e. The molecule has 16 nitrogen and oxygen atoms in total. The Balaban J connectivity index is 1.22. The maximum Gasteiger partial charge on any atom is 0.272 e. The fourth-order valence-corrected chi connectivity index (χ4v) is 6.36. The van der Waals surface area contributed by atoms with Crippen molar-refractivity contribution in [3.8, 4) is 0 Å². The monoisotopic (exact) mass is 764 g/mol. The Morgan fingerprint density at radius 3 is 1.58 bits per heavy atom. The van der Waals surface area contributed by atoms with Crippen LogP contribution < -0.4 is 37.2 Å². The number of amides is 4. The highest BCUT2D eigenvalue weighted by Crippen LogP contribution is 2.26. The van der Waals surface area contributed by atoms with Gasteiger partial charge in [0.2, 0.25) is 0 Å². The first-order valence-electron chi connectivity index (χ1n) is 16.5. The third kappa shape index (κ3) is 8.96. The fraction of sp³-hybridized carbons (Fsp3) is 0.286. The van der Waals surface area contributed by atoms with Gasteiger partial charge in [0.15, 0.2) is 5.96 Å². The van der Waals surface area contributed by atoms with Crippen LogP contribution in [0.4, 0.5) is 22.7 Å². The van der Waals surface area contributed by atoms with Crippen LogP contribution in [0.3, 0.4) is 0 Å². The molecule has 4 amide bonds. The third-order valence-corrected chi connectivity index (χ3v) is 8.88. The van der Waals surface area contributed by atoms with E-state index in [0.29, 0.717) is 59.8 Å². The van der Waals surface area contributed by atoms with E-state index in [4.69, 9.17) is 34.3 Å². The minimum absolute atomic E-state index is 0.191. The number of aromatic nitrogens is 4. The number of guanidine groups is 1. The van der Waals surface area contributed by atoms with Gasteiger partial charge >= 0.3 is 0 Å². The average molecular weight is 766 g/mol. The summed E-state index contributed by atoms with van der Waals surface area (Å²) in [7, 11) is 6.86. The highest BCUT2D eigenvalue weighted by Gasteiger charge is 2.20. The molecule has 5 rings (SSSR count). The highest BCUT2D eigenvalue weighted by atomic mass is 35.5. The molecule has 280 valence electrons. The van der Waals surface area contributed by atoms with Gasteiger partial charge in [-0.2, -0.15) is 0 Å². The van der Waals surface area contributed by atoms with E-state index in [0.717, 1.165) is 16.6 Å². The van der Waals surface area contributed by atoms with E-state index in [1.165, 1.54) is 6.07 Å². The van der Waals surface area contributed by atoms with Gasteiger partial charge in [0.1, 0.15) is 22.8 Å². The topological polar surface area (TPSA) is 201 Å². The van der Waals surface area contributed by atoms with Crippen LogP contribution in [0.1, 0.15) is 42.0 Å². The molecule has 0 aliphatic rings. The quantitative estimate of drug-likeness (QED) is 0.0366. The van der Waals surface area contributed by atoms with Crippen molar-refractivity contribution in [1.82, 2.24) is 28.9 Å². The highest BCUT2D eigenvalue weighted by molar-refractivity contribution is 6.18. The summed E-state index contributed by atoms with van der Waals surface area (Å²) in [6.45, 7) is 1.84. The molecule has 0 saturated carbocycles. The lowest BCUT2D eigenvalue weighted by molar-refractivity contribution is 0.0944. The Morgan fingerprint density at radius 1 is 0.660 bits per heavy atom. The SMILES string of the molecule is Cn1cc(NC(=O)c2cc(NC(=O)c3cc(NC(=O)c4cc5cc(N(CCCl)CCCl)ccc5n4C)cn3C)cn2C)cc1C(=O)NCCNC(=N)N. The van der Waals surface area contributed by atoms with E-state index in [1.807, 2.05) is 35.9 Å². The molecule has 0 bridgehead atoms. The van der Waals surface area contributed by atoms with Crippen LogP contribution in [0.2, 0.25) is 0 Å². The number of fused-ring (bicyclic) bond motifs is 1. The zero-order valence-corrected chi connectivity index (χ0v) is 31.2. The molecule has 0 radical (unpaired) electrons. The normalized spacial score (nSPS) is 11.0. The first-order valence-corrected chi connectivity index (χ1v) is 17.6. The lowest BCUT2D eigenvalue weighted by Crippen LogP contribution is -2.38. The summed E-state index contributed by atoms with van der Waals surface area (Å²) in [4.78, 5) is 54.6. The molecule has 0 aliphatic carbocycles. The summed E-state index contributed by atoms with van der Waals surface area (Å²) in [5.41, 5.74) is 9.61. The molecule has 0 aliphatic heterocycles. The summed E-state index contributed by atoms with van der Waals surface area (Å²) in [5, 5.41) is 21.9. The number of anilines is 4. The molecule has 4 heterocycles. The van der Waals surface area contributed by atoms with Crippen molar-refractivity contribution in [2.24, 2.45) is 33.9 Å². The predicted octanol–water partition coefficient (Wildman–Crippen LogP) is 3.45. The molecule has 0 atom stereocenters. The lowest BCUT2D eigenvalue weighted by atomic mass is 10.2. The molecule has 0 spiro atoms. The van der Waals surface area contributed by atoms with E-state index in [-0.39, 0.29) is 35.7 Å². The van der Waals surface area contributed by atoms with E-state index < -0.39 is 11.8 Å². The van der Waals surface area contributed by atoms with Gasteiger partial charge in [-0.15, -0.1) is 23.2 Å². The van der Waals surface area contributed by atoms with Gasteiger partial charge in [-0.05, 0) is 42.5 Å². The maximum atomic E-state index is 13.4. The zero-order valence-electron chi connectivity index (χ0n) is 29.7. The summed E-state index contributed by atoms with van der Waals surface area (Å²) in [5.74, 6) is -0.865. The molecule has 8 N–H and O–H groups in total. The van der Waals surface area contributed by atoms with Crippen LogP contribution in [0, 0.1) is 5.41 Å². The summed E-state index contributed by atoms with van der Waals surface area (Å²) in [6.07, 6.45) is 4.86. The second kappa shape index (κ2) is 16.6. The van der Waals surface area contributed by atoms with Crippen molar-refractivity contribution in [2.45, 2.75) is 0 Å². The number of benzene rings is 1. The molecular formula is C35H42Cl2N12O4. The van der Waals surface area contributed by atoms with Crippen LogP contribution in [0.15, 0.2) is 61.1 Å². The number of alkyl halides is 2. The number of hydrogen-bond donors (Lipinski definition) is 7. The van der Waals surface area contributed by atoms with Crippen molar-refractivity contribution in [3.05, 3.63) is 83.8 Å². The molecule has 5 aromatic rings. The van der Waals surface area contributed by atoms with Crippen LogP contribution in [-0.4, -0.2) is 85.8 Å². The van der Waals surface area contributed by atoms with Gasteiger partial charge in [0.05, 0.1) is 17.1 Å². The molecule has 0 saturated heterocycles. The average Bonchev–Trinajstić information content (AvgIpc) is 3.86. The molecule has 4 aromatic heterocycles. The fourth-order valence-electron chi connectivity index (χ4n) is 5.95. The molecule has 0 unspecified atom stereocenters. The number of rotatable bonds is 15. The second-order valence-electron chi connectivity index (χ2n) is 12.3. The Labute approximate surface area is 315 Å². The van der Waals surface area contributed by atoms with Crippen molar-refractivity contribution >= 4 is 86.4 Å². The van der Waals surface area contributed by atoms with E-state index in [2.05, 4.69) is 31.5 Å². The van der Waals surface area contributed by atoms with Gasteiger partial charge in [-0.1, -0.05) is 0 Å².